The minimum atomic E-state index is 0.462. The fourth-order valence-corrected chi connectivity index (χ4v) is 4.00. The van der Waals surface area contributed by atoms with Crippen molar-refractivity contribution in [1.29, 1.82) is 0 Å². The Morgan fingerprint density at radius 2 is 1.94 bits per heavy atom. The van der Waals surface area contributed by atoms with Crippen molar-refractivity contribution in [3.8, 4) is 0 Å². The molecule has 2 rings (SSSR count). The molecule has 1 aliphatic carbocycles. The van der Waals surface area contributed by atoms with Crippen LogP contribution < -0.4 is 5.32 Å². The van der Waals surface area contributed by atoms with E-state index in [2.05, 4.69) is 49.7 Å². The molecule has 1 aromatic carbocycles. The number of hydrogen-bond donors (Lipinski definition) is 1. The molecule has 0 amide bonds. The van der Waals surface area contributed by atoms with Crippen LogP contribution in [0.15, 0.2) is 24.3 Å². The first kappa shape index (κ1) is 14.0. The van der Waals surface area contributed by atoms with Crippen molar-refractivity contribution in [3.63, 3.8) is 0 Å². The molecule has 0 heterocycles. The van der Waals surface area contributed by atoms with Crippen LogP contribution in [0, 0.1) is 6.92 Å². The quantitative estimate of drug-likeness (QED) is 0.868. The van der Waals surface area contributed by atoms with Crippen LogP contribution in [0.5, 0.6) is 0 Å². The number of rotatable bonds is 4. The van der Waals surface area contributed by atoms with E-state index in [4.69, 9.17) is 0 Å². The number of thioether (sulfide) groups is 1. The maximum absolute atomic E-state index is 3.86. The zero-order valence-corrected chi connectivity index (χ0v) is 12.6. The molecule has 0 aromatic heterocycles. The third-order valence-electron chi connectivity index (χ3n) is 4.12. The van der Waals surface area contributed by atoms with Gasteiger partial charge in [-0.25, -0.2) is 0 Å². The standard InChI is InChI=1S/C16H25NS/c1-12-8-4-5-9-14(12)13(2)17-15-10-6-7-11-16(15)18-3/h4-5,8-9,13,15-17H,6-7,10-11H2,1-3H3. The molecule has 3 unspecified atom stereocenters. The second-order valence-electron chi connectivity index (χ2n) is 5.41. The molecule has 2 heteroatoms. The molecule has 1 saturated carbocycles. The topological polar surface area (TPSA) is 12.0 Å². The van der Waals surface area contributed by atoms with Crippen molar-refractivity contribution in [2.75, 3.05) is 6.26 Å². The smallest absolute Gasteiger partial charge is 0.0297 e. The van der Waals surface area contributed by atoms with Crippen molar-refractivity contribution in [2.45, 2.75) is 56.9 Å². The summed E-state index contributed by atoms with van der Waals surface area (Å²) in [5, 5.41) is 4.65. The van der Waals surface area contributed by atoms with Gasteiger partial charge in [-0.2, -0.15) is 11.8 Å². The number of aryl methyl sites for hydroxylation is 1. The molecule has 3 atom stereocenters. The van der Waals surface area contributed by atoms with Crippen molar-refractivity contribution >= 4 is 11.8 Å². The maximum Gasteiger partial charge on any atom is 0.0297 e. The molecule has 1 nitrogen and oxygen atoms in total. The molecule has 100 valence electrons. The second kappa shape index (κ2) is 6.63. The van der Waals surface area contributed by atoms with E-state index in [-0.39, 0.29) is 0 Å². The van der Waals surface area contributed by atoms with Gasteiger partial charge in [-0.05, 0) is 44.1 Å². The van der Waals surface area contributed by atoms with Gasteiger partial charge < -0.3 is 5.32 Å². The minimum Gasteiger partial charge on any atom is -0.306 e. The Bertz CT molecular complexity index is 377. The predicted molar refractivity (Wildman–Crippen MR) is 82.3 cm³/mol. The van der Waals surface area contributed by atoms with Gasteiger partial charge in [0.2, 0.25) is 0 Å². The van der Waals surface area contributed by atoms with Gasteiger partial charge >= 0.3 is 0 Å². The fraction of sp³-hybridized carbons (Fsp3) is 0.625. The number of hydrogen-bond acceptors (Lipinski definition) is 2. The Morgan fingerprint density at radius 3 is 2.67 bits per heavy atom. The first-order valence-corrected chi connectivity index (χ1v) is 8.35. The minimum absolute atomic E-state index is 0.462. The summed E-state index contributed by atoms with van der Waals surface area (Å²) < 4.78 is 0. The molecule has 0 spiro atoms. The molecule has 0 bridgehead atoms. The predicted octanol–water partition coefficient (Wildman–Crippen LogP) is 4.32. The summed E-state index contributed by atoms with van der Waals surface area (Å²) in [4.78, 5) is 0. The van der Waals surface area contributed by atoms with Crippen LogP contribution in [0.25, 0.3) is 0 Å². The SMILES string of the molecule is CSC1CCCCC1NC(C)c1ccccc1C. The lowest BCUT2D eigenvalue weighted by molar-refractivity contribution is 0.356. The van der Waals surface area contributed by atoms with Gasteiger partial charge in [0, 0.05) is 17.3 Å². The highest BCUT2D eigenvalue weighted by Crippen LogP contribution is 2.29. The summed E-state index contributed by atoms with van der Waals surface area (Å²) in [7, 11) is 0. The van der Waals surface area contributed by atoms with E-state index < -0.39 is 0 Å². The van der Waals surface area contributed by atoms with Gasteiger partial charge in [0.25, 0.3) is 0 Å². The van der Waals surface area contributed by atoms with Crippen molar-refractivity contribution in [3.05, 3.63) is 35.4 Å². The van der Waals surface area contributed by atoms with Crippen LogP contribution in [0.3, 0.4) is 0 Å². The lowest BCUT2D eigenvalue weighted by atomic mass is 9.93. The molecule has 1 N–H and O–H groups in total. The van der Waals surface area contributed by atoms with Gasteiger partial charge in [-0.15, -0.1) is 0 Å². The molecular weight excluding hydrogens is 238 g/mol. The summed E-state index contributed by atoms with van der Waals surface area (Å²) >= 11 is 2.03. The maximum atomic E-state index is 3.86. The molecule has 1 aromatic rings. The van der Waals surface area contributed by atoms with E-state index in [9.17, 15) is 0 Å². The van der Waals surface area contributed by atoms with Crippen LogP contribution in [0.4, 0.5) is 0 Å². The Labute approximate surface area is 116 Å². The van der Waals surface area contributed by atoms with Gasteiger partial charge in [0.1, 0.15) is 0 Å². The Balaban J connectivity index is 2.02. The van der Waals surface area contributed by atoms with E-state index >= 15 is 0 Å². The van der Waals surface area contributed by atoms with E-state index in [1.54, 1.807) is 0 Å². The summed E-state index contributed by atoms with van der Waals surface area (Å²) in [6, 6.07) is 9.88. The molecule has 18 heavy (non-hydrogen) atoms. The van der Waals surface area contributed by atoms with E-state index in [0.717, 1.165) is 5.25 Å². The zero-order valence-electron chi connectivity index (χ0n) is 11.8. The largest absolute Gasteiger partial charge is 0.306 e. The van der Waals surface area contributed by atoms with Gasteiger partial charge in [-0.3, -0.25) is 0 Å². The number of benzene rings is 1. The molecule has 0 radical (unpaired) electrons. The Hall–Kier alpha value is -0.470. The lowest BCUT2D eigenvalue weighted by Gasteiger charge is -2.33. The molecular formula is C16H25NS. The van der Waals surface area contributed by atoms with Gasteiger partial charge in [0.05, 0.1) is 0 Å². The van der Waals surface area contributed by atoms with Gasteiger partial charge in [0.15, 0.2) is 0 Å². The van der Waals surface area contributed by atoms with Crippen LogP contribution in [0.1, 0.15) is 49.8 Å². The van der Waals surface area contributed by atoms with Crippen LogP contribution in [0.2, 0.25) is 0 Å². The first-order chi connectivity index (χ1) is 8.72. The highest BCUT2D eigenvalue weighted by atomic mass is 32.2. The third kappa shape index (κ3) is 3.30. The normalized spacial score (nSPS) is 25.9. The van der Waals surface area contributed by atoms with E-state index in [1.165, 1.54) is 36.8 Å². The third-order valence-corrected chi connectivity index (χ3v) is 5.29. The number of nitrogens with one attached hydrogen (secondary N) is 1. The fourth-order valence-electron chi connectivity index (χ4n) is 3.05. The summed E-state index contributed by atoms with van der Waals surface area (Å²) in [5.74, 6) is 0. The first-order valence-electron chi connectivity index (χ1n) is 7.06. The van der Waals surface area contributed by atoms with E-state index in [0.29, 0.717) is 12.1 Å². The van der Waals surface area contributed by atoms with Crippen molar-refractivity contribution in [1.82, 2.24) is 5.32 Å². The molecule has 0 saturated heterocycles. The lowest BCUT2D eigenvalue weighted by Crippen LogP contribution is -2.41. The van der Waals surface area contributed by atoms with Crippen molar-refractivity contribution in [2.24, 2.45) is 0 Å². The van der Waals surface area contributed by atoms with Gasteiger partial charge in [-0.1, -0.05) is 37.1 Å². The van der Waals surface area contributed by atoms with Crippen LogP contribution in [-0.4, -0.2) is 17.5 Å². The molecule has 1 aliphatic rings. The Morgan fingerprint density at radius 1 is 1.22 bits per heavy atom. The summed E-state index contributed by atoms with van der Waals surface area (Å²) in [6.07, 6.45) is 7.75. The summed E-state index contributed by atoms with van der Waals surface area (Å²) in [5.41, 5.74) is 2.84. The highest BCUT2D eigenvalue weighted by molar-refractivity contribution is 7.99. The van der Waals surface area contributed by atoms with Crippen LogP contribution in [-0.2, 0) is 0 Å². The monoisotopic (exact) mass is 263 g/mol. The highest BCUT2D eigenvalue weighted by Gasteiger charge is 2.25. The molecule has 0 aliphatic heterocycles. The average molecular weight is 263 g/mol. The summed E-state index contributed by atoms with van der Waals surface area (Å²) in [6.45, 7) is 4.51. The second-order valence-corrected chi connectivity index (χ2v) is 6.49. The molecule has 1 fully saturated rings. The Kier molecular flexibility index (Phi) is 5.13. The van der Waals surface area contributed by atoms with E-state index in [1.807, 2.05) is 11.8 Å². The average Bonchev–Trinajstić information content (AvgIpc) is 2.39. The zero-order chi connectivity index (χ0) is 13.0. The van der Waals surface area contributed by atoms with Crippen LogP contribution >= 0.6 is 11.8 Å². The van der Waals surface area contributed by atoms with Crippen molar-refractivity contribution < 1.29 is 0 Å².